The van der Waals surface area contributed by atoms with Gasteiger partial charge in [0.25, 0.3) is 0 Å². The van der Waals surface area contributed by atoms with E-state index < -0.39 is 0 Å². The summed E-state index contributed by atoms with van der Waals surface area (Å²) in [4.78, 5) is 13.7. The predicted octanol–water partition coefficient (Wildman–Crippen LogP) is 2.95. The van der Waals surface area contributed by atoms with Crippen LogP contribution in [-0.2, 0) is 13.0 Å². The number of hydrogen-bond donors (Lipinski definition) is 2. The second kappa shape index (κ2) is 7.65. The van der Waals surface area contributed by atoms with Crippen LogP contribution in [0.25, 0.3) is 10.8 Å². The minimum atomic E-state index is 0.133. The van der Waals surface area contributed by atoms with E-state index in [0.717, 1.165) is 66.6 Å². The smallest absolute Gasteiger partial charge is 0.318 e. The summed E-state index contributed by atoms with van der Waals surface area (Å²) in [5.74, 6) is 0.784. The van der Waals surface area contributed by atoms with Crippen LogP contribution >= 0.6 is 0 Å². The van der Waals surface area contributed by atoms with E-state index in [1.165, 1.54) is 0 Å². The van der Waals surface area contributed by atoms with Crippen LogP contribution < -0.4 is 15.4 Å². The highest BCUT2D eigenvalue weighted by Crippen LogP contribution is 2.35. The maximum atomic E-state index is 10.2. The Hall–Kier alpha value is -3.06. The van der Waals surface area contributed by atoms with Crippen LogP contribution in [-0.4, -0.2) is 52.8 Å². The van der Waals surface area contributed by atoms with Crippen LogP contribution in [0.15, 0.2) is 36.4 Å². The van der Waals surface area contributed by atoms with Gasteiger partial charge >= 0.3 is 6.01 Å². The van der Waals surface area contributed by atoms with Gasteiger partial charge in [0.05, 0.1) is 12.2 Å². The molecule has 5 rings (SSSR count). The topological polar surface area (TPSA) is 87.7 Å². The number of phenols is 1. The molecule has 7 heteroatoms. The fraction of sp³-hybridized carbons (Fsp3) is 0.391. The normalized spacial score (nSPS) is 17.8. The van der Waals surface area contributed by atoms with Crippen LogP contribution in [0.5, 0.6) is 11.8 Å². The molecule has 7 nitrogen and oxygen atoms in total. The van der Waals surface area contributed by atoms with Crippen LogP contribution in [0.3, 0.4) is 0 Å². The van der Waals surface area contributed by atoms with E-state index in [1.54, 1.807) is 6.07 Å². The molecule has 2 aromatic carbocycles. The minimum absolute atomic E-state index is 0.133. The fourth-order valence-electron chi connectivity index (χ4n) is 4.48. The third-order valence-corrected chi connectivity index (χ3v) is 6.18. The molecule has 0 amide bonds. The lowest BCUT2D eigenvalue weighted by Gasteiger charge is -2.32. The van der Waals surface area contributed by atoms with E-state index >= 15 is 0 Å². The van der Waals surface area contributed by atoms with Crippen molar-refractivity contribution < 1.29 is 9.84 Å². The Kier molecular flexibility index (Phi) is 4.83. The molecule has 0 bridgehead atoms. The van der Waals surface area contributed by atoms with Gasteiger partial charge in [0, 0.05) is 42.3 Å². The molecule has 30 heavy (non-hydrogen) atoms. The Labute approximate surface area is 176 Å². The molecule has 0 aliphatic carbocycles. The van der Waals surface area contributed by atoms with Gasteiger partial charge in [0.15, 0.2) is 0 Å². The molecular formula is C23H27N5O2. The summed E-state index contributed by atoms with van der Waals surface area (Å²) in [6, 6.07) is 12.1. The average Bonchev–Trinajstić information content (AvgIpc) is 2.74. The summed E-state index contributed by atoms with van der Waals surface area (Å²) < 4.78 is 6.09. The van der Waals surface area contributed by atoms with Crippen molar-refractivity contribution in [3.63, 3.8) is 0 Å². The van der Waals surface area contributed by atoms with E-state index in [1.807, 2.05) is 24.3 Å². The number of benzene rings is 2. The molecule has 2 aliphatic rings. The highest BCUT2D eigenvalue weighted by atomic mass is 16.5. The first-order chi connectivity index (χ1) is 14.6. The maximum Gasteiger partial charge on any atom is 0.318 e. The molecule has 0 atom stereocenters. The van der Waals surface area contributed by atoms with Gasteiger partial charge in [-0.2, -0.15) is 9.97 Å². The van der Waals surface area contributed by atoms with E-state index in [0.29, 0.717) is 18.4 Å². The molecule has 3 aromatic rings. The number of piperidine rings is 1. The molecule has 156 valence electrons. The minimum Gasteiger partial charge on any atom is -0.508 e. The van der Waals surface area contributed by atoms with E-state index in [9.17, 15) is 5.11 Å². The Morgan fingerprint density at radius 2 is 1.90 bits per heavy atom. The molecule has 0 spiro atoms. The Morgan fingerprint density at radius 1 is 1.10 bits per heavy atom. The Bertz CT molecular complexity index is 1080. The molecule has 1 fully saturated rings. The van der Waals surface area contributed by atoms with Crippen molar-refractivity contribution in [1.82, 2.24) is 14.9 Å². The summed E-state index contributed by atoms with van der Waals surface area (Å²) >= 11 is 0. The number of phenolic OH excluding ortho intramolecular Hbond substituents is 1. The molecule has 2 aliphatic heterocycles. The molecule has 3 N–H and O–H groups in total. The molecule has 1 saturated heterocycles. The highest BCUT2D eigenvalue weighted by molar-refractivity contribution is 5.95. The molecule has 0 radical (unpaired) electrons. The number of nitrogens with zero attached hydrogens (tertiary/aromatic N) is 4. The molecule has 3 heterocycles. The summed E-state index contributed by atoms with van der Waals surface area (Å²) in [6.45, 7) is 3.44. The summed E-state index contributed by atoms with van der Waals surface area (Å²) in [5, 5.41) is 12.4. The van der Waals surface area contributed by atoms with E-state index in [-0.39, 0.29) is 11.9 Å². The van der Waals surface area contributed by atoms with Crippen molar-refractivity contribution in [2.24, 2.45) is 0 Å². The number of nitrogens with two attached hydrogens (primary N) is 1. The van der Waals surface area contributed by atoms with Gasteiger partial charge in [-0.1, -0.05) is 24.3 Å². The van der Waals surface area contributed by atoms with Crippen molar-refractivity contribution in [2.45, 2.75) is 31.9 Å². The lowest BCUT2D eigenvalue weighted by Crippen LogP contribution is -2.36. The predicted molar refractivity (Wildman–Crippen MR) is 118 cm³/mol. The van der Waals surface area contributed by atoms with Gasteiger partial charge in [-0.05, 0) is 37.8 Å². The van der Waals surface area contributed by atoms with Crippen molar-refractivity contribution in [2.75, 3.05) is 37.3 Å². The first-order valence-corrected chi connectivity index (χ1v) is 10.5. The number of rotatable bonds is 3. The number of aromatic hydroxyl groups is 1. The van der Waals surface area contributed by atoms with Crippen molar-refractivity contribution >= 4 is 22.3 Å². The lowest BCUT2D eigenvalue weighted by molar-refractivity contribution is 0.105. The largest absolute Gasteiger partial charge is 0.508 e. The van der Waals surface area contributed by atoms with Gasteiger partial charge in [-0.3, -0.25) is 0 Å². The van der Waals surface area contributed by atoms with E-state index in [2.05, 4.69) is 27.9 Å². The monoisotopic (exact) mass is 405 g/mol. The van der Waals surface area contributed by atoms with Gasteiger partial charge in [-0.15, -0.1) is 0 Å². The van der Waals surface area contributed by atoms with E-state index in [4.69, 9.17) is 15.5 Å². The molecular weight excluding hydrogens is 378 g/mol. The zero-order valence-electron chi connectivity index (χ0n) is 17.2. The SMILES string of the molecule is CN1CCC(Oc2nc(N)c3c(n2)CN(c2cc(O)cc4ccccc24)CC3)CC1. The second-order valence-electron chi connectivity index (χ2n) is 8.29. The third kappa shape index (κ3) is 3.61. The number of aromatic nitrogens is 2. The van der Waals surface area contributed by atoms with Gasteiger partial charge in [0.1, 0.15) is 17.7 Å². The third-order valence-electron chi connectivity index (χ3n) is 6.18. The number of likely N-dealkylation sites (tertiary alicyclic amines) is 1. The summed E-state index contributed by atoms with van der Waals surface area (Å²) in [6.07, 6.45) is 2.84. The zero-order valence-corrected chi connectivity index (χ0v) is 17.2. The van der Waals surface area contributed by atoms with Gasteiger partial charge in [0.2, 0.25) is 0 Å². The number of anilines is 2. The van der Waals surface area contributed by atoms with Crippen LogP contribution in [0.1, 0.15) is 24.1 Å². The van der Waals surface area contributed by atoms with Crippen LogP contribution in [0.4, 0.5) is 11.5 Å². The average molecular weight is 406 g/mol. The van der Waals surface area contributed by atoms with Crippen molar-refractivity contribution in [3.05, 3.63) is 47.7 Å². The maximum absolute atomic E-state index is 10.2. The molecule has 0 saturated carbocycles. The number of nitrogen functional groups attached to an aromatic ring is 1. The number of fused-ring (bicyclic) bond motifs is 2. The quantitative estimate of drug-likeness (QED) is 0.693. The Morgan fingerprint density at radius 3 is 2.73 bits per heavy atom. The second-order valence-corrected chi connectivity index (χ2v) is 8.29. The first-order valence-electron chi connectivity index (χ1n) is 10.5. The number of ether oxygens (including phenoxy) is 1. The summed E-state index contributed by atoms with van der Waals surface area (Å²) in [7, 11) is 2.13. The molecule has 0 unspecified atom stereocenters. The molecule has 1 aromatic heterocycles. The van der Waals surface area contributed by atoms with Crippen LogP contribution in [0.2, 0.25) is 0 Å². The summed E-state index contributed by atoms with van der Waals surface area (Å²) in [5.41, 5.74) is 9.19. The van der Waals surface area contributed by atoms with Crippen LogP contribution in [0, 0.1) is 0 Å². The zero-order chi connectivity index (χ0) is 20.7. The first kappa shape index (κ1) is 18.9. The highest BCUT2D eigenvalue weighted by Gasteiger charge is 2.25. The van der Waals surface area contributed by atoms with Gasteiger partial charge in [-0.25, -0.2) is 0 Å². The van der Waals surface area contributed by atoms with Crippen molar-refractivity contribution in [1.29, 1.82) is 0 Å². The fourth-order valence-corrected chi connectivity index (χ4v) is 4.48. The number of hydrogen-bond acceptors (Lipinski definition) is 7. The van der Waals surface area contributed by atoms with Gasteiger partial charge < -0.3 is 25.4 Å². The lowest BCUT2D eigenvalue weighted by atomic mass is 10.0. The van der Waals surface area contributed by atoms with Crippen molar-refractivity contribution in [3.8, 4) is 11.8 Å². The standard InChI is InChI=1S/C23H27N5O2/c1-27-9-6-17(7-10-27)30-23-25-20-14-28(11-8-19(20)22(24)26-23)21-13-16(29)12-15-4-2-3-5-18(15)21/h2-5,12-13,17,29H,6-11,14H2,1H3,(H2,24,25,26). The Balaban J connectivity index is 1.43.